The molecule has 1 fully saturated rings. The number of methoxy groups -OCH3 is 1. The van der Waals surface area contributed by atoms with Crippen molar-refractivity contribution < 1.29 is 22.7 Å². The Morgan fingerprint density at radius 1 is 1.21 bits per heavy atom. The van der Waals surface area contributed by atoms with Gasteiger partial charge in [0.1, 0.15) is 5.41 Å². The predicted molar refractivity (Wildman–Crippen MR) is 68.5 cm³/mol. The molecular weight excluding hydrogens is 272 g/mol. The molecule has 0 N–H and O–H groups in total. The van der Waals surface area contributed by atoms with Crippen molar-refractivity contribution in [3.8, 4) is 0 Å². The third-order valence-corrected chi connectivity index (χ3v) is 5.37. The number of likely N-dealkylation sites (N-methyl/N-ethyl adjacent to an activating group) is 1. The fourth-order valence-corrected chi connectivity index (χ4v) is 3.38. The maximum Gasteiger partial charge on any atom is 0.318 e. The fraction of sp³-hybridized carbons (Fsp3) is 0.818. The number of hydrogen-bond acceptors (Lipinski definition) is 5. The van der Waals surface area contributed by atoms with Crippen molar-refractivity contribution in [2.75, 3.05) is 33.3 Å². The molecule has 0 aromatic rings. The quantitative estimate of drug-likeness (QED) is 0.510. The minimum atomic E-state index is -3.57. The summed E-state index contributed by atoms with van der Waals surface area (Å²) in [5, 5.41) is 0. The molecule has 1 aliphatic heterocycles. The average molecular weight is 292 g/mol. The van der Waals surface area contributed by atoms with Gasteiger partial charge in [0.05, 0.1) is 13.7 Å². The molecule has 0 bridgehead atoms. The number of nitrogens with zero attached hydrogens (tertiary/aromatic N) is 2. The first-order valence-corrected chi connectivity index (χ1v) is 7.44. The molecule has 1 saturated heterocycles. The normalized spacial score (nSPS) is 20.4. The highest BCUT2D eigenvalue weighted by atomic mass is 32.2. The first-order chi connectivity index (χ1) is 8.67. The SMILES string of the molecule is CCN1CCN(CC(=O)C(C)(C)C(=O)OC)S1(=O)=O. The van der Waals surface area contributed by atoms with E-state index in [9.17, 15) is 18.0 Å². The van der Waals surface area contributed by atoms with Gasteiger partial charge in [-0.2, -0.15) is 17.0 Å². The Morgan fingerprint density at radius 2 is 1.74 bits per heavy atom. The molecule has 0 amide bonds. The molecular formula is C11H20N2O5S. The lowest BCUT2D eigenvalue weighted by Gasteiger charge is -2.23. The van der Waals surface area contributed by atoms with Gasteiger partial charge in [0.25, 0.3) is 10.2 Å². The zero-order valence-corrected chi connectivity index (χ0v) is 12.5. The molecule has 8 heteroatoms. The predicted octanol–water partition coefficient (Wildman–Crippen LogP) is -0.363. The Morgan fingerprint density at radius 3 is 2.16 bits per heavy atom. The van der Waals surface area contributed by atoms with Gasteiger partial charge in [-0.05, 0) is 13.8 Å². The van der Waals surface area contributed by atoms with E-state index in [0.29, 0.717) is 13.1 Å². The van der Waals surface area contributed by atoms with Crippen LogP contribution in [0.1, 0.15) is 20.8 Å². The van der Waals surface area contributed by atoms with Crippen LogP contribution in [0.2, 0.25) is 0 Å². The Hall–Kier alpha value is -0.990. The number of rotatable bonds is 5. The number of Topliss-reactive ketones (excluding diaryl/α,β-unsaturated/α-hetero) is 1. The maximum atomic E-state index is 12.1. The van der Waals surface area contributed by atoms with E-state index in [4.69, 9.17) is 0 Å². The van der Waals surface area contributed by atoms with Crippen LogP contribution in [-0.4, -0.2) is 62.1 Å². The minimum absolute atomic E-state index is 0.263. The second kappa shape index (κ2) is 5.56. The van der Waals surface area contributed by atoms with Gasteiger partial charge in [-0.1, -0.05) is 6.92 Å². The third kappa shape index (κ3) is 2.96. The molecule has 0 aromatic carbocycles. The van der Waals surface area contributed by atoms with E-state index >= 15 is 0 Å². The van der Waals surface area contributed by atoms with Crippen molar-refractivity contribution in [2.24, 2.45) is 5.41 Å². The summed E-state index contributed by atoms with van der Waals surface area (Å²) in [6.45, 7) is 5.29. The lowest BCUT2D eigenvalue weighted by molar-refractivity contribution is -0.155. The lowest BCUT2D eigenvalue weighted by Crippen LogP contribution is -2.43. The summed E-state index contributed by atoms with van der Waals surface area (Å²) in [5.74, 6) is -1.14. The molecule has 7 nitrogen and oxygen atoms in total. The molecule has 0 aliphatic carbocycles. The first-order valence-electron chi connectivity index (χ1n) is 6.04. The molecule has 0 spiro atoms. The van der Waals surface area contributed by atoms with Crippen LogP contribution in [0.25, 0.3) is 0 Å². The van der Waals surface area contributed by atoms with Gasteiger partial charge in [0.2, 0.25) is 0 Å². The van der Waals surface area contributed by atoms with Crippen molar-refractivity contribution in [3.63, 3.8) is 0 Å². The number of carbonyl (C=O) groups is 2. The maximum absolute atomic E-state index is 12.1. The monoisotopic (exact) mass is 292 g/mol. The smallest absolute Gasteiger partial charge is 0.318 e. The van der Waals surface area contributed by atoms with E-state index in [-0.39, 0.29) is 13.1 Å². The van der Waals surface area contributed by atoms with Gasteiger partial charge in [0.15, 0.2) is 5.78 Å². The molecule has 0 atom stereocenters. The molecule has 0 unspecified atom stereocenters. The van der Waals surface area contributed by atoms with E-state index in [2.05, 4.69) is 4.74 Å². The Bertz CT molecular complexity index is 471. The molecule has 1 heterocycles. The number of ketones is 1. The standard InChI is InChI=1S/C11H20N2O5S/c1-5-12-6-7-13(19(12,16)17)8-9(14)11(2,3)10(15)18-4/h5-8H2,1-4H3. The molecule has 0 saturated carbocycles. The van der Waals surface area contributed by atoms with Gasteiger partial charge < -0.3 is 4.74 Å². The van der Waals surface area contributed by atoms with Crippen LogP contribution in [0.4, 0.5) is 0 Å². The number of carbonyl (C=O) groups excluding carboxylic acids is 2. The Kier molecular flexibility index (Phi) is 4.70. The summed E-state index contributed by atoms with van der Waals surface area (Å²) in [6.07, 6.45) is 0. The zero-order chi connectivity index (χ0) is 14.8. The molecule has 110 valence electrons. The summed E-state index contributed by atoms with van der Waals surface area (Å²) in [4.78, 5) is 23.6. The van der Waals surface area contributed by atoms with E-state index in [1.54, 1.807) is 6.92 Å². The fourth-order valence-electron chi connectivity index (χ4n) is 1.83. The number of esters is 1. The van der Waals surface area contributed by atoms with E-state index < -0.39 is 27.4 Å². The molecule has 0 radical (unpaired) electrons. The topological polar surface area (TPSA) is 84.0 Å². The van der Waals surface area contributed by atoms with Gasteiger partial charge in [-0.25, -0.2) is 0 Å². The van der Waals surface area contributed by atoms with Crippen molar-refractivity contribution in [1.29, 1.82) is 0 Å². The van der Waals surface area contributed by atoms with Crippen LogP contribution >= 0.6 is 0 Å². The third-order valence-electron chi connectivity index (χ3n) is 3.32. The largest absolute Gasteiger partial charge is 0.468 e. The van der Waals surface area contributed by atoms with E-state index in [0.717, 1.165) is 4.31 Å². The molecule has 1 rings (SSSR count). The first kappa shape index (κ1) is 16.1. The van der Waals surface area contributed by atoms with E-state index in [1.165, 1.54) is 25.3 Å². The van der Waals surface area contributed by atoms with Crippen LogP contribution in [0, 0.1) is 5.41 Å². The highest BCUT2D eigenvalue weighted by Crippen LogP contribution is 2.22. The summed E-state index contributed by atoms with van der Waals surface area (Å²) in [7, 11) is -2.37. The second-order valence-corrected chi connectivity index (χ2v) is 6.80. The zero-order valence-electron chi connectivity index (χ0n) is 11.7. The highest BCUT2D eigenvalue weighted by molar-refractivity contribution is 7.87. The Balaban J connectivity index is 2.82. The number of ether oxygens (including phenoxy) is 1. The van der Waals surface area contributed by atoms with Crippen LogP contribution in [0.5, 0.6) is 0 Å². The van der Waals surface area contributed by atoms with Crippen molar-refractivity contribution in [2.45, 2.75) is 20.8 Å². The minimum Gasteiger partial charge on any atom is -0.468 e. The van der Waals surface area contributed by atoms with Gasteiger partial charge in [-0.3, -0.25) is 9.59 Å². The average Bonchev–Trinajstić information content (AvgIpc) is 2.63. The van der Waals surface area contributed by atoms with Crippen LogP contribution in [-0.2, 0) is 24.5 Å². The van der Waals surface area contributed by atoms with Gasteiger partial charge in [-0.15, -0.1) is 0 Å². The Labute approximate surface area is 113 Å². The molecule has 19 heavy (non-hydrogen) atoms. The molecule has 0 aromatic heterocycles. The van der Waals surface area contributed by atoms with Crippen molar-refractivity contribution >= 4 is 22.0 Å². The van der Waals surface area contributed by atoms with Crippen LogP contribution in [0.3, 0.4) is 0 Å². The van der Waals surface area contributed by atoms with Gasteiger partial charge in [0, 0.05) is 19.6 Å². The second-order valence-electron chi connectivity index (χ2n) is 4.87. The summed E-state index contributed by atoms with van der Waals surface area (Å²) in [6, 6.07) is 0. The summed E-state index contributed by atoms with van der Waals surface area (Å²) < 4.78 is 31.0. The summed E-state index contributed by atoms with van der Waals surface area (Å²) >= 11 is 0. The van der Waals surface area contributed by atoms with E-state index in [1.807, 2.05) is 0 Å². The van der Waals surface area contributed by atoms with Crippen LogP contribution < -0.4 is 0 Å². The van der Waals surface area contributed by atoms with Gasteiger partial charge >= 0.3 is 5.97 Å². The highest BCUT2D eigenvalue weighted by Gasteiger charge is 2.42. The molecule has 1 aliphatic rings. The number of hydrogen-bond donors (Lipinski definition) is 0. The summed E-state index contributed by atoms with van der Waals surface area (Å²) in [5.41, 5.74) is -1.34. The van der Waals surface area contributed by atoms with Crippen molar-refractivity contribution in [3.05, 3.63) is 0 Å². The van der Waals surface area contributed by atoms with Crippen molar-refractivity contribution in [1.82, 2.24) is 8.61 Å². The van der Waals surface area contributed by atoms with Crippen LogP contribution in [0.15, 0.2) is 0 Å². The lowest BCUT2D eigenvalue weighted by atomic mass is 9.88.